The highest BCUT2D eigenvalue weighted by Crippen LogP contribution is 2.35. The Hall–Kier alpha value is -1.78. The fourth-order valence-electron chi connectivity index (χ4n) is 5.33. The molecule has 10 heteroatoms. The molecular formula is C23H32N4O4S2. The zero-order valence-electron chi connectivity index (χ0n) is 18.9. The first-order chi connectivity index (χ1) is 16.0. The summed E-state index contributed by atoms with van der Waals surface area (Å²) >= 11 is 1.17. The minimum absolute atomic E-state index is 0.0000853. The second-order valence-electron chi connectivity index (χ2n) is 9.64. The first-order valence-corrected chi connectivity index (χ1v) is 14.6. The summed E-state index contributed by atoms with van der Waals surface area (Å²) in [6, 6.07) is 1.87. The molecule has 2 aliphatic carbocycles. The van der Waals surface area contributed by atoms with E-state index in [1.54, 1.807) is 11.4 Å². The fourth-order valence-corrected chi connectivity index (χ4v) is 8.16. The van der Waals surface area contributed by atoms with Crippen LogP contribution >= 0.6 is 11.3 Å². The molecule has 2 aromatic heterocycles. The van der Waals surface area contributed by atoms with Crippen LogP contribution < -0.4 is 5.32 Å². The molecule has 3 heterocycles. The molecule has 2 aromatic rings. The molecule has 1 N–H and O–H groups in total. The van der Waals surface area contributed by atoms with Crippen LogP contribution in [0.3, 0.4) is 0 Å². The van der Waals surface area contributed by atoms with Gasteiger partial charge in [0.1, 0.15) is 4.21 Å². The van der Waals surface area contributed by atoms with Gasteiger partial charge < -0.3 is 9.84 Å². The molecule has 8 nitrogen and oxygen atoms in total. The highest BCUT2D eigenvalue weighted by Gasteiger charge is 2.35. The van der Waals surface area contributed by atoms with Gasteiger partial charge in [-0.25, -0.2) is 8.42 Å². The third-order valence-corrected chi connectivity index (χ3v) is 10.6. The van der Waals surface area contributed by atoms with Crippen LogP contribution in [0.2, 0.25) is 0 Å². The van der Waals surface area contributed by atoms with Crippen molar-refractivity contribution < 1.29 is 17.7 Å². The highest BCUT2D eigenvalue weighted by atomic mass is 32.2. The maximum absolute atomic E-state index is 13.3. The van der Waals surface area contributed by atoms with Crippen molar-refractivity contribution in [2.45, 2.75) is 86.8 Å². The number of hydrogen-bond donors (Lipinski definition) is 1. The van der Waals surface area contributed by atoms with E-state index in [1.165, 1.54) is 34.9 Å². The van der Waals surface area contributed by atoms with Gasteiger partial charge in [0.2, 0.25) is 17.6 Å². The van der Waals surface area contributed by atoms with Crippen LogP contribution in [-0.2, 0) is 14.8 Å². The first-order valence-electron chi connectivity index (χ1n) is 12.2. The molecule has 1 amide bonds. The number of carbonyl (C=O) groups excluding carboxylic acids is 1. The molecule has 33 heavy (non-hydrogen) atoms. The second kappa shape index (κ2) is 9.84. The van der Waals surface area contributed by atoms with Crippen LogP contribution in [0, 0.1) is 5.92 Å². The number of rotatable bonds is 6. The van der Waals surface area contributed by atoms with Gasteiger partial charge in [-0.15, -0.1) is 11.3 Å². The Morgan fingerprint density at radius 1 is 1.06 bits per heavy atom. The summed E-state index contributed by atoms with van der Waals surface area (Å²) in [6.45, 7) is 0.680. The lowest BCUT2D eigenvalue weighted by molar-refractivity contribution is -0.127. The van der Waals surface area contributed by atoms with Crippen molar-refractivity contribution in [1.82, 2.24) is 19.8 Å². The smallest absolute Gasteiger partial charge is 0.252 e. The predicted molar refractivity (Wildman–Crippen MR) is 125 cm³/mol. The summed E-state index contributed by atoms with van der Waals surface area (Å²) in [5.41, 5.74) is 0.662. The largest absolute Gasteiger partial charge is 0.353 e. The summed E-state index contributed by atoms with van der Waals surface area (Å²) in [4.78, 5) is 17.3. The number of thiophene rings is 1. The third kappa shape index (κ3) is 5.02. The molecule has 0 aromatic carbocycles. The monoisotopic (exact) mass is 492 g/mol. The van der Waals surface area contributed by atoms with Gasteiger partial charge in [-0.1, -0.05) is 37.3 Å². The first kappa shape index (κ1) is 23.0. The molecule has 0 unspecified atom stereocenters. The SMILES string of the molecule is O=C(NC1CCCCC1)[C@H]1CCCN(S(=O)(=O)c2cc(-c3noc(C4CCCC4)n3)cs2)C1. The van der Waals surface area contributed by atoms with Crippen molar-refractivity contribution in [3.63, 3.8) is 0 Å². The van der Waals surface area contributed by atoms with E-state index < -0.39 is 10.0 Å². The standard InChI is InChI=1S/C23H32N4O4S2/c28-22(24-19-10-2-1-3-11-19)17-9-6-12-27(14-17)33(29,30)20-13-18(15-32-20)21-25-23(31-26-21)16-7-4-5-8-16/h13,15-17,19H,1-12,14H2,(H,24,28)/t17-/m0/s1. The van der Waals surface area contributed by atoms with Gasteiger partial charge in [0.15, 0.2) is 0 Å². The van der Waals surface area contributed by atoms with Crippen molar-refractivity contribution in [3.8, 4) is 11.4 Å². The number of hydrogen-bond acceptors (Lipinski definition) is 7. The zero-order valence-corrected chi connectivity index (χ0v) is 20.5. The van der Waals surface area contributed by atoms with Gasteiger partial charge in [0.05, 0.1) is 5.92 Å². The van der Waals surface area contributed by atoms with Gasteiger partial charge in [-0.2, -0.15) is 9.29 Å². The molecule has 2 saturated carbocycles. The number of aromatic nitrogens is 2. The van der Waals surface area contributed by atoms with E-state index in [2.05, 4.69) is 15.5 Å². The molecule has 0 spiro atoms. The van der Waals surface area contributed by atoms with Crippen molar-refractivity contribution in [2.75, 3.05) is 13.1 Å². The van der Waals surface area contributed by atoms with E-state index >= 15 is 0 Å². The number of piperidine rings is 1. The van der Waals surface area contributed by atoms with Gasteiger partial charge in [0.25, 0.3) is 10.0 Å². The van der Waals surface area contributed by atoms with Gasteiger partial charge in [-0.05, 0) is 44.6 Å². The molecule has 0 radical (unpaired) electrons. The maximum atomic E-state index is 13.3. The number of sulfonamides is 1. The average molecular weight is 493 g/mol. The van der Waals surface area contributed by atoms with Crippen molar-refractivity contribution in [3.05, 3.63) is 17.3 Å². The minimum atomic E-state index is -3.67. The highest BCUT2D eigenvalue weighted by molar-refractivity contribution is 7.91. The summed E-state index contributed by atoms with van der Waals surface area (Å²) in [5, 5.41) is 9.03. The number of nitrogens with one attached hydrogen (secondary N) is 1. The number of carbonyl (C=O) groups is 1. The molecule has 0 bridgehead atoms. The summed E-state index contributed by atoms with van der Waals surface area (Å²) in [5.74, 6) is 1.12. The predicted octanol–water partition coefficient (Wildman–Crippen LogP) is 4.31. The molecule has 1 saturated heterocycles. The lowest BCUT2D eigenvalue weighted by atomic mass is 9.93. The Bertz CT molecular complexity index is 1070. The maximum Gasteiger partial charge on any atom is 0.252 e. The van der Waals surface area contributed by atoms with Crippen molar-refractivity contribution >= 4 is 27.3 Å². The summed E-state index contributed by atoms with van der Waals surface area (Å²) in [7, 11) is -3.67. The molecule has 5 rings (SSSR count). The van der Waals surface area contributed by atoms with Crippen molar-refractivity contribution in [2.24, 2.45) is 5.92 Å². The van der Waals surface area contributed by atoms with E-state index in [9.17, 15) is 13.2 Å². The lowest BCUT2D eigenvalue weighted by Gasteiger charge is -2.32. The fraction of sp³-hybridized carbons (Fsp3) is 0.696. The molecular weight excluding hydrogens is 460 g/mol. The van der Waals surface area contributed by atoms with Crippen LogP contribution in [0.1, 0.15) is 82.4 Å². The van der Waals surface area contributed by atoms with Crippen molar-refractivity contribution in [1.29, 1.82) is 0 Å². The lowest BCUT2D eigenvalue weighted by Crippen LogP contribution is -2.47. The number of amides is 1. The quantitative estimate of drug-likeness (QED) is 0.644. The molecule has 3 fully saturated rings. The Morgan fingerprint density at radius 2 is 1.82 bits per heavy atom. The van der Waals surface area contributed by atoms with Gasteiger partial charge >= 0.3 is 0 Å². The third-order valence-electron chi connectivity index (χ3n) is 7.28. The van der Waals surface area contributed by atoms with E-state index in [4.69, 9.17) is 4.52 Å². The normalized spacial score (nSPS) is 23.7. The second-order valence-corrected chi connectivity index (χ2v) is 12.7. The van der Waals surface area contributed by atoms with Crippen LogP contribution in [0.15, 0.2) is 20.2 Å². The molecule has 3 aliphatic rings. The Labute approximate surface area is 199 Å². The Morgan fingerprint density at radius 3 is 2.61 bits per heavy atom. The zero-order chi connectivity index (χ0) is 22.8. The van der Waals surface area contributed by atoms with E-state index in [0.717, 1.165) is 44.9 Å². The van der Waals surface area contributed by atoms with Gasteiger partial charge in [-0.3, -0.25) is 4.79 Å². The molecule has 1 aliphatic heterocycles. The van der Waals surface area contributed by atoms with Crippen LogP contribution in [0.5, 0.6) is 0 Å². The van der Waals surface area contributed by atoms with Crippen LogP contribution in [0.4, 0.5) is 0 Å². The molecule has 180 valence electrons. The summed E-state index contributed by atoms with van der Waals surface area (Å²) < 4.78 is 33.9. The van der Waals surface area contributed by atoms with Crippen LogP contribution in [-0.4, -0.2) is 47.9 Å². The van der Waals surface area contributed by atoms with Crippen LogP contribution in [0.25, 0.3) is 11.4 Å². The Kier molecular flexibility index (Phi) is 6.85. The number of nitrogens with zero attached hydrogens (tertiary/aromatic N) is 3. The van der Waals surface area contributed by atoms with E-state index in [0.29, 0.717) is 36.2 Å². The minimum Gasteiger partial charge on any atom is -0.353 e. The summed E-state index contributed by atoms with van der Waals surface area (Å²) in [6.07, 6.45) is 11.5. The molecule has 1 atom stereocenters. The van der Waals surface area contributed by atoms with E-state index in [-0.39, 0.29) is 28.6 Å². The van der Waals surface area contributed by atoms with Gasteiger partial charge in [0, 0.05) is 36.0 Å². The topological polar surface area (TPSA) is 105 Å². The Balaban J connectivity index is 1.25. The van der Waals surface area contributed by atoms with E-state index in [1.807, 2.05) is 0 Å². The average Bonchev–Trinajstić information content (AvgIpc) is 3.61.